The molecule has 0 aliphatic carbocycles. The predicted octanol–water partition coefficient (Wildman–Crippen LogP) is 2.69. The van der Waals surface area contributed by atoms with E-state index in [1.807, 2.05) is 6.08 Å². The zero-order valence-corrected chi connectivity index (χ0v) is 14.2. The second-order valence-electron chi connectivity index (χ2n) is 6.06. The third kappa shape index (κ3) is 3.86. The Labute approximate surface area is 149 Å². The first-order chi connectivity index (χ1) is 11.9. The lowest BCUT2D eigenvalue weighted by molar-refractivity contribution is -0.114. The van der Waals surface area contributed by atoms with Crippen LogP contribution in [0.4, 0.5) is 0 Å². The van der Waals surface area contributed by atoms with Crippen LogP contribution in [-0.4, -0.2) is 40.3 Å². The molecule has 0 spiro atoms. The number of cyclic esters (lactones) is 1. The van der Waals surface area contributed by atoms with E-state index in [4.69, 9.17) is 21.1 Å². The van der Waals surface area contributed by atoms with Gasteiger partial charge < -0.3 is 19.7 Å². The number of benzene rings is 1. The Morgan fingerprint density at radius 2 is 1.96 bits per heavy atom. The lowest BCUT2D eigenvalue weighted by Crippen LogP contribution is -2.19. The van der Waals surface area contributed by atoms with Crippen LogP contribution in [0.3, 0.4) is 0 Å². The van der Waals surface area contributed by atoms with E-state index in [1.165, 1.54) is 6.08 Å². The van der Waals surface area contributed by atoms with Crippen LogP contribution < -0.4 is 0 Å². The van der Waals surface area contributed by atoms with Crippen molar-refractivity contribution in [1.82, 2.24) is 0 Å². The van der Waals surface area contributed by atoms with E-state index in [9.17, 15) is 19.8 Å². The van der Waals surface area contributed by atoms with Gasteiger partial charge in [0.05, 0.1) is 11.1 Å². The van der Waals surface area contributed by atoms with E-state index < -0.39 is 23.6 Å². The number of ketones is 1. The van der Waals surface area contributed by atoms with Crippen molar-refractivity contribution in [2.45, 2.75) is 38.1 Å². The van der Waals surface area contributed by atoms with Crippen molar-refractivity contribution in [1.29, 1.82) is 0 Å². The standard InChI is InChI=1S/C18H17ClO6/c1-9-6-15-14(25-15)5-3-2-4-10(20)7-11-16(18(23)24-9)12(21)8-13(22)17(11)19/h2-5,8-9,14-15,21-22H,6-7H2,1H3/b4-2+,5-3-/t9?,14-,15?/m1/s1. The normalized spacial score (nSPS) is 29.0. The number of ether oxygens (including phenoxy) is 2. The van der Waals surface area contributed by atoms with Crippen LogP contribution in [0, 0.1) is 0 Å². The van der Waals surface area contributed by atoms with Crippen molar-refractivity contribution in [3.63, 3.8) is 0 Å². The molecule has 3 atom stereocenters. The van der Waals surface area contributed by atoms with Crippen LogP contribution in [0.15, 0.2) is 30.4 Å². The molecule has 2 N–H and O–H groups in total. The van der Waals surface area contributed by atoms with E-state index in [1.54, 1.807) is 19.1 Å². The highest BCUT2D eigenvalue weighted by molar-refractivity contribution is 6.33. The highest BCUT2D eigenvalue weighted by atomic mass is 35.5. The van der Waals surface area contributed by atoms with Crippen LogP contribution in [0.2, 0.25) is 5.02 Å². The Balaban J connectivity index is 2.01. The molecule has 2 heterocycles. The summed E-state index contributed by atoms with van der Waals surface area (Å²) in [6, 6.07) is 0.958. The molecule has 2 aliphatic rings. The topological polar surface area (TPSA) is 96.4 Å². The maximum atomic E-state index is 12.5. The summed E-state index contributed by atoms with van der Waals surface area (Å²) >= 11 is 6.05. The van der Waals surface area contributed by atoms with E-state index in [0.717, 1.165) is 6.07 Å². The van der Waals surface area contributed by atoms with Gasteiger partial charge in [-0.05, 0) is 13.0 Å². The van der Waals surface area contributed by atoms with Gasteiger partial charge in [0.1, 0.15) is 29.3 Å². The molecule has 1 aromatic carbocycles. The summed E-state index contributed by atoms with van der Waals surface area (Å²) in [5.41, 5.74) is -0.176. The summed E-state index contributed by atoms with van der Waals surface area (Å²) in [5, 5.41) is 19.7. The Hall–Kier alpha value is -2.31. The zero-order chi connectivity index (χ0) is 18.1. The molecular formula is C18H17ClO6. The van der Waals surface area contributed by atoms with E-state index >= 15 is 0 Å². The number of allylic oxidation sites excluding steroid dienone is 3. The van der Waals surface area contributed by atoms with Gasteiger partial charge in [0.2, 0.25) is 0 Å². The number of phenols is 2. The number of esters is 1. The highest BCUT2D eigenvalue weighted by Crippen LogP contribution is 2.37. The molecule has 0 bridgehead atoms. The summed E-state index contributed by atoms with van der Waals surface area (Å²) in [6.45, 7) is 1.72. The van der Waals surface area contributed by atoms with Crippen LogP contribution >= 0.6 is 11.6 Å². The summed E-state index contributed by atoms with van der Waals surface area (Å²) < 4.78 is 10.8. The third-order valence-electron chi connectivity index (χ3n) is 4.06. The number of hydrogen-bond donors (Lipinski definition) is 2. The average Bonchev–Trinajstić information content (AvgIpc) is 3.25. The van der Waals surface area contributed by atoms with Crippen molar-refractivity contribution in [3.05, 3.63) is 46.5 Å². The fourth-order valence-electron chi connectivity index (χ4n) is 2.78. The second kappa shape index (κ2) is 6.90. The molecule has 1 fully saturated rings. The SMILES string of the molecule is CC1CC2O[C@@H]2/C=C\C=C\C(=O)Cc2c(Cl)c(O)cc(O)c2C(=O)O1. The van der Waals surface area contributed by atoms with Crippen molar-refractivity contribution < 1.29 is 29.3 Å². The second-order valence-corrected chi connectivity index (χ2v) is 6.44. The quantitative estimate of drug-likeness (QED) is 0.542. The Bertz CT molecular complexity index is 782. The monoisotopic (exact) mass is 364 g/mol. The summed E-state index contributed by atoms with van der Waals surface area (Å²) in [4.78, 5) is 24.6. The van der Waals surface area contributed by atoms with Gasteiger partial charge in [0.15, 0.2) is 5.78 Å². The number of carbonyl (C=O) groups excluding carboxylic acids is 2. The first-order valence-corrected chi connectivity index (χ1v) is 8.22. The maximum absolute atomic E-state index is 12.5. The third-order valence-corrected chi connectivity index (χ3v) is 4.49. The number of phenolic OH excluding ortho intramolecular Hbond substituents is 2. The van der Waals surface area contributed by atoms with Crippen molar-refractivity contribution in [3.8, 4) is 11.5 Å². The van der Waals surface area contributed by atoms with Crippen LogP contribution in [0.1, 0.15) is 29.3 Å². The number of halogens is 1. The lowest BCUT2D eigenvalue weighted by Gasteiger charge is -2.16. The maximum Gasteiger partial charge on any atom is 0.342 e. The van der Waals surface area contributed by atoms with Gasteiger partial charge in [-0.3, -0.25) is 4.79 Å². The number of carbonyl (C=O) groups is 2. The van der Waals surface area contributed by atoms with Crippen molar-refractivity contribution in [2.75, 3.05) is 0 Å². The molecule has 25 heavy (non-hydrogen) atoms. The minimum absolute atomic E-state index is 0.0348. The van der Waals surface area contributed by atoms with Gasteiger partial charge in [-0.1, -0.05) is 29.8 Å². The number of fused-ring (bicyclic) bond motifs is 2. The number of rotatable bonds is 0. The zero-order valence-electron chi connectivity index (χ0n) is 13.4. The predicted molar refractivity (Wildman–Crippen MR) is 89.9 cm³/mol. The van der Waals surface area contributed by atoms with Crippen LogP contribution in [0.25, 0.3) is 0 Å². The van der Waals surface area contributed by atoms with E-state index in [2.05, 4.69) is 0 Å². The van der Waals surface area contributed by atoms with Crippen LogP contribution in [-0.2, 0) is 20.7 Å². The smallest absolute Gasteiger partial charge is 0.342 e. The molecule has 3 rings (SSSR count). The van der Waals surface area contributed by atoms with Crippen LogP contribution in [0.5, 0.6) is 11.5 Å². The van der Waals surface area contributed by atoms with Gasteiger partial charge in [0.25, 0.3) is 0 Å². The van der Waals surface area contributed by atoms with Crippen molar-refractivity contribution in [2.24, 2.45) is 0 Å². The summed E-state index contributed by atoms with van der Waals surface area (Å²) in [6.07, 6.45) is 6.13. The van der Waals surface area contributed by atoms with Gasteiger partial charge in [-0.2, -0.15) is 0 Å². The first-order valence-electron chi connectivity index (χ1n) is 7.84. The molecule has 6 nitrogen and oxygen atoms in total. The molecule has 0 saturated carbocycles. The molecule has 7 heteroatoms. The summed E-state index contributed by atoms with van der Waals surface area (Å²) in [5.74, 6) is -2.04. The van der Waals surface area contributed by atoms with Gasteiger partial charge >= 0.3 is 5.97 Å². The molecule has 2 unspecified atom stereocenters. The molecule has 0 aromatic heterocycles. The minimum Gasteiger partial charge on any atom is -0.507 e. The molecule has 1 saturated heterocycles. The Morgan fingerprint density at radius 1 is 1.20 bits per heavy atom. The molecule has 2 aliphatic heterocycles. The Morgan fingerprint density at radius 3 is 2.72 bits per heavy atom. The Kier molecular flexibility index (Phi) is 4.83. The van der Waals surface area contributed by atoms with Gasteiger partial charge in [-0.25, -0.2) is 4.79 Å². The highest BCUT2D eigenvalue weighted by Gasteiger charge is 2.38. The lowest BCUT2D eigenvalue weighted by atomic mass is 10.00. The molecule has 0 amide bonds. The molecule has 0 radical (unpaired) electrons. The first kappa shape index (κ1) is 17.5. The summed E-state index contributed by atoms with van der Waals surface area (Å²) in [7, 11) is 0. The van der Waals surface area contributed by atoms with E-state index in [0.29, 0.717) is 6.42 Å². The average molecular weight is 365 g/mol. The largest absolute Gasteiger partial charge is 0.507 e. The molecule has 132 valence electrons. The van der Waals surface area contributed by atoms with Crippen molar-refractivity contribution >= 4 is 23.4 Å². The van der Waals surface area contributed by atoms with E-state index in [-0.39, 0.29) is 40.6 Å². The minimum atomic E-state index is -0.802. The fourth-order valence-corrected chi connectivity index (χ4v) is 3.00. The number of aromatic hydroxyl groups is 2. The number of epoxide rings is 1. The molecule has 1 aromatic rings. The van der Waals surface area contributed by atoms with Gasteiger partial charge in [-0.15, -0.1) is 0 Å². The van der Waals surface area contributed by atoms with Gasteiger partial charge in [0, 0.05) is 24.5 Å². The fraction of sp³-hybridized carbons (Fsp3) is 0.333. The molecular weight excluding hydrogens is 348 g/mol. The number of hydrogen-bond acceptors (Lipinski definition) is 6.